The molecule has 0 atom stereocenters. The van der Waals surface area contributed by atoms with Gasteiger partial charge in [-0.2, -0.15) is 0 Å². The molecular weight excluding hydrogens is 502 g/mol. The van der Waals surface area contributed by atoms with Crippen LogP contribution >= 0.6 is 0 Å². The number of nitrogens with zero attached hydrogens (tertiary/aromatic N) is 3. The molecule has 2 N–H and O–H groups in total. The number of aryl methyl sites for hydroxylation is 1. The topological polar surface area (TPSA) is 85.0 Å². The van der Waals surface area contributed by atoms with E-state index in [9.17, 15) is 14.4 Å². The highest BCUT2D eigenvalue weighted by atomic mass is 16.2. The normalized spacial score (nSPS) is 13.5. The van der Waals surface area contributed by atoms with Crippen molar-refractivity contribution in [1.29, 1.82) is 0 Å². The molecule has 0 unspecified atom stereocenters. The van der Waals surface area contributed by atoms with Gasteiger partial charge in [0.15, 0.2) is 0 Å². The number of rotatable bonds is 7. The molecule has 1 heterocycles. The van der Waals surface area contributed by atoms with Gasteiger partial charge in [-0.1, -0.05) is 48.0 Å². The molecule has 4 amide bonds. The van der Waals surface area contributed by atoms with Crippen molar-refractivity contribution in [3.05, 3.63) is 95.6 Å². The molecule has 1 aliphatic rings. The van der Waals surface area contributed by atoms with Crippen LogP contribution in [0.1, 0.15) is 42.3 Å². The maximum absolute atomic E-state index is 12.9. The molecule has 0 aliphatic carbocycles. The second kappa shape index (κ2) is 12.7. The Bertz CT molecular complexity index is 1290. The van der Waals surface area contributed by atoms with E-state index in [0.29, 0.717) is 25.3 Å². The maximum atomic E-state index is 12.9. The van der Waals surface area contributed by atoms with Crippen molar-refractivity contribution in [3.8, 4) is 0 Å². The number of amides is 4. The number of benzene rings is 3. The number of piperazine rings is 1. The van der Waals surface area contributed by atoms with Gasteiger partial charge in [0.05, 0.1) is 0 Å². The van der Waals surface area contributed by atoms with Gasteiger partial charge < -0.3 is 25.3 Å². The fraction of sp³-hybridized carbons (Fsp3) is 0.344. The Morgan fingerprint density at radius 1 is 0.825 bits per heavy atom. The van der Waals surface area contributed by atoms with Crippen molar-refractivity contribution >= 4 is 29.2 Å². The van der Waals surface area contributed by atoms with Gasteiger partial charge in [-0.05, 0) is 69.7 Å². The smallest absolute Gasteiger partial charge is 0.318 e. The van der Waals surface area contributed by atoms with E-state index in [2.05, 4.69) is 15.5 Å². The van der Waals surface area contributed by atoms with Gasteiger partial charge in [0.2, 0.25) is 5.91 Å². The molecule has 8 heteroatoms. The van der Waals surface area contributed by atoms with Crippen molar-refractivity contribution in [2.45, 2.75) is 39.8 Å². The van der Waals surface area contributed by atoms with Crippen LogP contribution in [0.4, 0.5) is 16.2 Å². The molecule has 1 saturated heterocycles. The molecule has 0 spiro atoms. The summed E-state index contributed by atoms with van der Waals surface area (Å²) in [5.74, 6) is -0.203. The van der Waals surface area contributed by atoms with Crippen LogP contribution in [0, 0.1) is 6.92 Å². The highest BCUT2D eigenvalue weighted by Gasteiger charge is 2.24. The Morgan fingerprint density at radius 2 is 1.45 bits per heavy atom. The summed E-state index contributed by atoms with van der Waals surface area (Å²) in [6.45, 7) is 10.8. The maximum Gasteiger partial charge on any atom is 0.318 e. The molecule has 0 aromatic heterocycles. The summed E-state index contributed by atoms with van der Waals surface area (Å²) < 4.78 is 0. The molecule has 3 aromatic rings. The van der Waals surface area contributed by atoms with E-state index in [0.717, 1.165) is 35.5 Å². The third-order valence-corrected chi connectivity index (χ3v) is 6.70. The van der Waals surface area contributed by atoms with Gasteiger partial charge in [0.25, 0.3) is 5.91 Å². The lowest BCUT2D eigenvalue weighted by atomic mass is 10.1. The molecule has 40 heavy (non-hydrogen) atoms. The average Bonchev–Trinajstić information content (AvgIpc) is 2.93. The van der Waals surface area contributed by atoms with Crippen molar-refractivity contribution in [2.75, 3.05) is 42.9 Å². The van der Waals surface area contributed by atoms with E-state index < -0.39 is 5.54 Å². The zero-order valence-electron chi connectivity index (χ0n) is 23.8. The van der Waals surface area contributed by atoms with E-state index >= 15 is 0 Å². The quantitative estimate of drug-likeness (QED) is 0.445. The molecule has 3 aromatic carbocycles. The van der Waals surface area contributed by atoms with Crippen LogP contribution in [-0.2, 0) is 11.3 Å². The average molecular weight is 542 g/mol. The Hall–Kier alpha value is -4.33. The zero-order valence-corrected chi connectivity index (χ0v) is 23.8. The Morgan fingerprint density at radius 3 is 2.05 bits per heavy atom. The lowest BCUT2D eigenvalue weighted by Crippen LogP contribution is -2.50. The van der Waals surface area contributed by atoms with Gasteiger partial charge in [0, 0.05) is 55.2 Å². The Labute approximate surface area is 237 Å². The number of urea groups is 1. The largest absolute Gasteiger partial charge is 0.368 e. The molecule has 4 rings (SSSR count). The lowest BCUT2D eigenvalue weighted by molar-refractivity contribution is -0.116. The van der Waals surface area contributed by atoms with Gasteiger partial charge in [-0.15, -0.1) is 0 Å². The Balaban J connectivity index is 1.31. The van der Waals surface area contributed by atoms with Gasteiger partial charge in [0.1, 0.15) is 6.54 Å². The van der Waals surface area contributed by atoms with Crippen LogP contribution in [0.15, 0.2) is 78.9 Å². The van der Waals surface area contributed by atoms with Crippen LogP contribution < -0.4 is 15.5 Å². The number of carbonyl (C=O) groups excluding carboxylic acids is 3. The summed E-state index contributed by atoms with van der Waals surface area (Å²) >= 11 is 0. The van der Waals surface area contributed by atoms with Gasteiger partial charge in [-0.3, -0.25) is 9.59 Å². The molecule has 210 valence electrons. The first-order valence-electron chi connectivity index (χ1n) is 13.7. The lowest BCUT2D eigenvalue weighted by Gasteiger charge is -2.36. The summed E-state index contributed by atoms with van der Waals surface area (Å²) in [5, 5.41) is 5.87. The first-order chi connectivity index (χ1) is 19.1. The third-order valence-electron chi connectivity index (χ3n) is 6.70. The van der Waals surface area contributed by atoms with E-state index in [4.69, 9.17) is 0 Å². The number of hydrogen-bond acceptors (Lipinski definition) is 4. The number of hydrogen-bond donors (Lipinski definition) is 2. The summed E-state index contributed by atoms with van der Waals surface area (Å²) in [5.41, 5.74) is 4.09. The first-order valence-corrected chi connectivity index (χ1v) is 13.7. The second-order valence-corrected chi connectivity index (χ2v) is 11.3. The minimum atomic E-state index is -0.419. The Kier molecular flexibility index (Phi) is 9.09. The minimum Gasteiger partial charge on any atom is -0.368 e. The fourth-order valence-corrected chi connectivity index (χ4v) is 4.58. The summed E-state index contributed by atoms with van der Waals surface area (Å²) in [6.07, 6.45) is 0. The summed E-state index contributed by atoms with van der Waals surface area (Å²) in [6, 6.07) is 24.7. The highest BCUT2D eigenvalue weighted by Crippen LogP contribution is 2.21. The summed E-state index contributed by atoms with van der Waals surface area (Å²) in [4.78, 5) is 44.3. The molecule has 1 aliphatic heterocycles. The van der Waals surface area contributed by atoms with E-state index in [1.54, 1.807) is 0 Å². The molecule has 8 nitrogen and oxygen atoms in total. The van der Waals surface area contributed by atoms with Crippen molar-refractivity contribution < 1.29 is 14.4 Å². The van der Waals surface area contributed by atoms with Crippen molar-refractivity contribution in [2.24, 2.45) is 0 Å². The predicted octanol–water partition coefficient (Wildman–Crippen LogP) is 4.91. The molecule has 0 saturated carbocycles. The molecular formula is C32H39N5O3. The standard InChI is InChI=1S/C32H39N5O3/c1-24-10-12-26(13-11-24)30(39)36-20-18-35(19-21-36)28-16-14-27(15-17-28)33-29(38)23-37(31(40)34-32(2,3)4)22-25-8-6-5-7-9-25/h5-17H,18-23H2,1-4H3,(H,33,38)(H,34,40). The monoisotopic (exact) mass is 541 g/mol. The zero-order chi connectivity index (χ0) is 28.7. The third kappa shape index (κ3) is 8.09. The number of nitrogens with one attached hydrogen (secondary N) is 2. The van der Waals surface area contributed by atoms with E-state index in [-0.39, 0.29) is 24.4 Å². The van der Waals surface area contributed by atoms with Crippen LogP contribution in [0.3, 0.4) is 0 Å². The van der Waals surface area contributed by atoms with Crippen LogP contribution in [0.5, 0.6) is 0 Å². The van der Waals surface area contributed by atoms with Crippen molar-refractivity contribution in [1.82, 2.24) is 15.1 Å². The fourth-order valence-electron chi connectivity index (χ4n) is 4.58. The number of anilines is 2. The minimum absolute atomic E-state index is 0.0650. The molecule has 0 radical (unpaired) electrons. The second-order valence-electron chi connectivity index (χ2n) is 11.3. The SMILES string of the molecule is Cc1ccc(C(=O)N2CCN(c3ccc(NC(=O)CN(Cc4ccccc4)C(=O)NC(C)(C)C)cc3)CC2)cc1. The van der Waals surface area contributed by atoms with Crippen LogP contribution in [-0.4, -0.2) is 65.9 Å². The van der Waals surface area contributed by atoms with Gasteiger partial charge >= 0.3 is 6.03 Å². The first kappa shape index (κ1) is 28.7. The molecule has 0 bridgehead atoms. The van der Waals surface area contributed by atoms with E-state index in [1.165, 1.54) is 4.90 Å². The van der Waals surface area contributed by atoms with Crippen LogP contribution in [0.25, 0.3) is 0 Å². The van der Waals surface area contributed by atoms with Gasteiger partial charge in [-0.25, -0.2) is 4.79 Å². The molecule has 1 fully saturated rings. The highest BCUT2D eigenvalue weighted by molar-refractivity contribution is 5.95. The summed E-state index contributed by atoms with van der Waals surface area (Å²) in [7, 11) is 0. The number of carbonyl (C=O) groups is 3. The van der Waals surface area contributed by atoms with Crippen LogP contribution in [0.2, 0.25) is 0 Å². The predicted molar refractivity (Wildman–Crippen MR) is 160 cm³/mol. The van der Waals surface area contributed by atoms with E-state index in [1.807, 2.05) is 111 Å². The van der Waals surface area contributed by atoms with Crippen molar-refractivity contribution in [3.63, 3.8) is 0 Å².